The molecule has 0 aliphatic rings. The molecule has 0 N–H and O–H groups in total. The first-order chi connectivity index (χ1) is 5.47. The summed E-state index contributed by atoms with van der Waals surface area (Å²) in [6, 6.07) is 2.74. The van der Waals surface area contributed by atoms with Crippen LogP contribution in [0.1, 0.15) is 5.56 Å². The van der Waals surface area contributed by atoms with E-state index in [-0.39, 0.29) is 5.88 Å². The summed E-state index contributed by atoms with van der Waals surface area (Å²) in [4.78, 5) is 3.47. The third kappa shape index (κ3) is 3.24. The van der Waals surface area contributed by atoms with Crippen molar-refractivity contribution in [1.29, 1.82) is 0 Å². The first-order valence-corrected chi connectivity index (χ1v) is 6.30. The molecule has 0 saturated heterocycles. The quantitative estimate of drug-likeness (QED) is 0.686. The Kier molecular flexibility index (Phi) is 2.76. The summed E-state index contributed by atoms with van der Waals surface area (Å²) in [7, 11) is 0. The van der Waals surface area contributed by atoms with E-state index in [0.717, 1.165) is 5.56 Å². The average molecular weight is 292 g/mol. The third-order valence-corrected chi connectivity index (χ3v) is 2.00. The zero-order valence-electron chi connectivity index (χ0n) is 6.10. The second-order valence-corrected chi connectivity index (χ2v) is 4.45. The molecular weight excluding hydrogens is 286 g/mol. The van der Waals surface area contributed by atoms with E-state index in [1.165, 1.54) is 18.3 Å². The standard InChI is InChI=1S/C6H6F3INO/c1-5-2-3-6(11-4-5)12-10(7,8)9/h2-4H,1H3/q-1. The second-order valence-electron chi connectivity index (χ2n) is 2.09. The number of hydrogen-bond donors (Lipinski definition) is 0. The van der Waals surface area contributed by atoms with E-state index < -0.39 is 20.6 Å². The zero-order chi connectivity index (χ0) is 9.19. The van der Waals surface area contributed by atoms with Gasteiger partial charge in [-0.2, -0.15) is 0 Å². The van der Waals surface area contributed by atoms with Crippen LogP contribution in [0, 0.1) is 6.92 Å². The van der Waals surface area contributed by atoms with E-state index in [4.69, 9.17) is 0 Å². The van der Waals surface area contributed by atoms with Gasteiger partial charge in [-0.05, 0) is 0 Å². The fourth-order valence-corrected chi connectivity index (χ4v) is 1.36. The van der Waals surface area contributed by atoms with Gasteiger partial charge in [-0.25, -0.2) is 0 Å². The Morgan fingerprint density at radius 3 is 2.42 bits per heavy atom. The van der Waals surface area contributed by atoms with Crippen LogP contribution < -0.4 is 23.6 Å². The SMILES string of the molecule is Cc1ccc(O[I-](F)(F)F)nc1. The van der Waals surface area contributed by atoms with E-state index in [9.17, 15) is 8.58 Å². The third-order valence-electron chi connectivity index (χ3n) is 1.05. The normalized spacial score (nSPS) is 12.7. The van der Waals surface area contributed by atoms with Gasteiger partial charge in [-0.1, -0.05) is 0 Å². The maximum absolute atomic E-state index is 11.8. The van der Waals surface area contributed by atoms with Crippen molar-refractivity contribution in [2.75, 3.05) is 0 Å². The number of aryl methyl sites for hydroxylation is 1. The van der Waals surface area contributed by atoms with Crippen LogP contribution in [0.4, 0.5) is 8.58 Å². The number of rotatable bonds is 2. The van der Waals surface area contributed by atoms with Gasteiger partial charge in [0.25, 0.3) is 0 Å². The van der Waals surface area contributed by atoms with E-state index in [1.54, 1.807) is 6.92 Å². The van der Waals surface area contributed by atoms with Crippen LogP contribution in [0.5, 0.6) is 5.88 Å². The minimum atomic E-state index is -6.37. The molecule has 1 aromatic heterocycles. The van der Waals surface area contributed by atoms with E-state index in [0.29, 0.717) is 0 Å². The molecule has 1 heterocycles. The zero-order valence-corrected chi connectivity index (χ0v) is 8.26. The molecule has 1 rings (SSSR count). The van der Waals surface area contributed by atoms with E-state index >= 15 is 0 Å². The Labute approximate surface area is 74.2 Å². The molecule has 0 aliphatic heterocycles. The molecule has 0 unspecified atom stereocenters. The Balaban J connectivity index is 2.71. The summed E-state index contributed by atoms with van der Waals surface area (Å²) in [5, 5.41) is 0. The Bertz CT molecular complexity index is 258. The molecule has 6 heteroatoms. The van der Waals surface area contributed by atoms with Crippen molar-refractivity contribution in [2.24, 2.45) is 0 Å². The molecule has 0 aliphatic carbocycles. The number of hydrogen-bond acceptors (Lipinski definition) is 2. The van der Waals surface area contributed by atoms with Crippen LogP contribution in [-0.2, 0) is 0 Å². The topological polar surface area (TPSA) is 22.1 Å². The molecular formula is C6H6F3INO-. The van der Waals surface area contributed by atoms with Crippen molar-refractivity contribution >= 4 is 0 Å². The first kappa shape index (κ1) is 9.56. The van der Waals surface area contributed by atoms with Gasteiger partial charge < -0.3 is 0 Å². The minimum absolute atomic E-state index is 0.357. The fraction of sp³-hybridized carbons (Fsp3) is 0.167. The number of halogens is 4. The first-order valence-electron chi connectivity index (χ1n) is 2.97. The van der Waals surface area contributed by atoms with Crippen LogP contribution in [0.15, 0.2) is 18.3 Å². The summed E-state index contributed by atoms with van der Waals surface area (Å²) < 4.78 is 39.0. The molecule has 0 amide bonds. The summed E-state index contributed by atoms with van der Waals surface area (Å²) in [5.41, 5.74) is 0.802. The second kappa shape index (κ2) is 3.46. The van der Waals surface area contributed by atoms with Crippen molar-refractivity contribution in [3.63, 3.8) is 0 Å². The predicted octanol–water partition coefficient (Wildman–Crippen LogP) is -0.502. The van der Waals surface area contributed by atoms with Crippen LogP contribution in [0.2, 0.25) is 0 Å². The molecule has 0 atom stereocenters. The molecule has 1 aromatic rings. The number of nitrogens with zero attached hydrogens (tertiary/aromatic N) is 1. The van der Waals surface area contributed by atoms with Crippen molar-refractivity contribution in [2.45, 2.75) is 6.92 Å². The van der Waals surface area contributed by atoms with Gasteiger partial charge in [0, 0.05) is 0 Å². The van der Waals surface area contributed by atoms with Crippen molar-refractivity contribution in [3.05, 3.63) is 23.9 Å². The molecule has 0 saturated carbocycles. The molecule has 0 spiro atoms. The van der Waals surface area contributed by atoms with Crippen LogP contribution in [0.3, 0.4) is 0 Å². The van der Waals surface area contributed by atoms with Gasteiger partial charge in [0.05, 0.1) is 0 Å². The Hall–Kier alpha value is -0.530. The molecule has 0 fully saturated rings. The van der Waals surface area contributed by atoms with Crippen molar-refractivity contribution in [3.8, 4) is 5.88 Å². The van der Waals surface area contributed by atoms with E-state index in [1.807, 2.05) is 0 Å². The molecule has 70 valence electrons. The van der Waals surface area contributed by atoms with Crippen LogP contribution in [-0.4, -0.2) is 4.98 Å². The number of aromatic nitrogens is 1. The van der Waals surface area contributed by atoms with Gasteiger partial charge in [-0.3, -0.25) is 0 Å². The average Bonchev–Trinajstić information content (AvgIpc) is 1.91. The van der Waals surface area contributed by atoms with Crippen LogP contribution in [0.25, 0.3) is 0 Å². The van der Waals surface area contributed by atoms with E-state index in [2.05, 4.69) is 8.05 Å². The van der Waals surface area contributed by atoms with Gasteiger partial charge >= 0.3 is 73.9 Å². The van der Waals surface area contributed by atoms with Gasteiger partial charge in [-0.15, -0.1) is 0 Å². The monoisotopic (exact) mass is 292 g/mol. The maximum atomic E-state index is 11.8. The van der Waals surface area contributed by atoms with Crippen molar-refractivity contribution < 1.29 is 32.2 Å². The molecule has 2 nitrogen and oxygen atoms in total. The van der Waals surface area contributed by atoms with Gasteiger partial charge in [0.2, 0.25) is 0 Å². The summed E-state index contributed by atoms with van der Waals surface area (Å²) >= 11 is -6.37. The molecule has 12 heavy (non-hydrogen) atoms. The summed E-state index contributed by atoms with van der Waals surface area (Å²) in [5.74, 6) is -0.357. The Morgan fingerprint density at radius 2 is 2.00 bits per heavy atom. The van der Waals surface area contributed by atoms with Gasteiger partial charge in [0.1, 0.15) is 0 Å². The van der Waals surface area contributed by atoms with Gasteiger partial charge in [0.15, 0.2) is 0 Å². The fourth-order valence-electron chi connectivity index (χ4n) is 0.590. The molecule has 0 bridgehead atoms. The Morgan fingerprint density at radius 1 is 1.33 bits per heavy atom. The molecule has 0 radical (unpaired) electrons. The summed E-state index contributed by atoms with van der Waals surface area (Å²) in [6.45, 7) is 1.74. The number of pyridine rings is 1. The summed E-state index contributed by atoms with van der Waals surface area (Å²) in [6.07, 6.45) is 1.34. The van der Waals surface area contributed by atoms with Crippen LogP contribution >= 0.6 is 0 Å². The molecule has 0 aromatic carbocycles. The predicted molar refractivity (Wildman–Crippen MR) is 32.9 cm³/mol. The van der Waals surface area contributed by atoms with Crippen molar-refractivity contribution in [1.82, 2.24) is 4.98 Å².